The molecule has 9 heteroatoms. The molecule has 8 nitrogen and oxygen atoms in total. The zero-order valence-corrected chi connectivity index (χ0v) is 14.7. The first-order valence-electron chi connectivity index (χ1n) is 8.68. The summed E-state index contributed by atoms with van der Waals surface area (Å²) < 4.78 is 6.48. The quantitative estimate of drug-likeness (QED) is 0.521. The normalized spacial score (nSPS) is 17.9. The molecule has 130 valence electrons. The number of aromatic nitrogens is 4. The number of nitrogens with one attached hydrogen (secondary N) is 2. The minimum Gasteiger partial charge on any atom is -0.373 e. The fraction of sp³-hybridized carbons (Fsp3) is 0.500. The van der Waals surface area contributed by atoms with E-state index in [0.717, 1.165) is 54.2 Å². The smallest absolute Gasteiger partial charge is 0.279 e. The highest BCUT2D eigenvalue weighted by molar-refractivity contribution is 7.25. The van der Waals surface area contributed by atoms with E-state index in [1.165, 1.54) is 35.2 Å². The number of aryl methyl sites for hydroxylation is 1. The second-order valence-electron chi connectivity index (χ2n) is 6.50. The molecule has 4 N–H and O–H groups in total. The van der Waals surface area contributed by atoms with E-state index in [9.17, 15) is 0 Å². The van der Waals surface area contributed by atoms with Crippen LogP contribution in [0.5, 0.6) is 0 Å². The highest BCUT2D eigenvalue weighted by Crippen LogP contribution is 2.40. The van der Waals surface area contributed by atoms with Crippen LogP contribution in [0.15, 0.2) is 0 Å². The van der Waals surface area contributed by atoms with Gasteiger partial charge in [-0.1, -0.05) is 11.3 Å². The van der Waals surface area contributed by atoms with Crippen LogP contribution < -0.4 is 21.2 Å². The number of ether oxygens (including phenoxy) is 1. The number of anilines is 2. The van der Waals surface area contributed by atoms with Crippen LogP contribution >= 0.6 is 11.3 Å². The van der Waals surface area contributed by atoms with Gasteiger partial charge in [0.25, 0.3) is 5.82 Å². The third-order valence-corrected chi connectivity index (χ3v) is 6.24. The lowest BCUT2D eigenvalue weighted by atomic mass is 9.90. The minimum atomic E-state index is 0.581. The topological polar surface area (TPSA) is 103 Å². The molecule has 0 radical (unpaired) electrons. The fourth-order valence-electron chi connectivity index (χ4n) is 3.98. The highest BCUT2D eigenvalue weighted by atomic mass is 32.1. The lowest BCUT2D eigenvalue weighted by Gasteiger charge is -2.25. The fourth-order valence-corrected chi connectivity index (χ4v) is 5.09. The van der Waals surface area contributed by atoms with Gasteiger partial charge in [-0.15, -0.1) is 10.2 Å². The average molecular weight is 358 g/mol. The molecule has 25 heavy (non-hydrogen) atoms. The molecule has 0 saturated carbocycles. The van der Waals surface area contributed by atoms with Gasteiger partial charge in [-0.25, -0.2) is 10.8 Å². The molecule has 1 aliphatic heterocycles. The van der Waals surface area contributed by atoms with Crippen molar-refractivity contribution in [2.45, 2.75) is 25.7 Å². The molecule has 3 aromatic rings. The van der Waals surface area contributed by atoms with Crippen molar-refractivity contribution in [2.24, 2.45) is 5.84 Å². The van der Waals surface area contributed by atoms with E-state index in [-0.39, 0.29) is 0 Å². The van der Waals surface area contributed by atoms with Crippen LogP contribution in [0.1, 0.15) is 24.0 Å². The highest BCUT2D eigenvalue weighted by Gasteiger charge is 2.30. The van der Waals surface area contributed by atoms with Crippen LogP contribution in [0.2, 0.25) is 0 Å². The van der Waals surface area contributed by atoms with Gasteiger partial charge in [0.2, 0.25) is 0 Å². The number of thiophene rings is 1. The van der Waals surface area contributed by atoms with Gasteiger partial charge >= 0.3 is 0 Å². The van der Waals surface area contributed by atoms with Crippen molar-refractivity contribution in [3.63, 3.8) is 0 Å². The standard InChI is InChI=1S/C16H19N7OS/c17-19-14-13-12(20-22-21-14)11-9-3-1-2-4-10(9)15(18-16(11)25-13)23-5-7-24-8-6-23/h1-8,17H2,(H,19,20,21)/p+1. The molecule has 0 atom stereocenters. The first-order chi connectivity index (χ1) is 12.4. The maximum Gasteiger partial charge on any atom is 0.279 e. The number of hydrogen-bond acceptors (Lipinski definition) is 8. The number of hydrogen-bond donors (Lipinski definition) is 2. The molecule has 4 heterocycles. The summed E-state index contributed by atoms with van der Waals surface area (Å²) in [6, 6.07) is 0. The predicted molar refractivity (Wildman–Crippen MR) is 96.8 cm³/mol. The largest absolute Gasteiger partial charge is 0.373 e. The van der Waals surface area contributed by atoms with E-state index >= 15 is 0 Å². The molecule has 1 aliphatic carbocycles. The lowest BCUT2D eigenvalue weighted by molar-refractivity contribution is -0.328. The summed E-state index contributed by atoms with van der Waals surface area (Å²) >= 11 is 1.64. The number of rotatable bonds is 2. The molecule has 0 aromatic carbocycles. The third kappa shape index (κ3) is 2.34. The van der Waals surface area contributed by atoms with Crippen LogP contribution in [-0.4, -0.2) is 41.7 Å². The van der Waals surface area contributed by atoms with Gasteiger partial charge < -0.3 is 10.2 Å². The molecule has 3 aromatic heterocycles. The van der Waals surface area contributed by atoms with Crippen molar-refractivity contribution >= 4 is 43.4 Å². The van der Waals surface area contributed by atoms with Crippen molar-refractivity contribution in [1.82, 2.24) is 15.4 Å². The Balaban J connectivity index is 1.80. The lowest BCUT2D eigenvalue weighted by Crippen LogP contribution is -2.40. The van der Waals surface area contributed by atoms with Crippen LogP contribution in [0.3, 0.4) is 0 Å². The van der Waals surface area contributed by atoms with Crippen molar-refractivity contribution in [2.75, 3.05) is 36.6 Å². The summed E-state index contributed by atoms with van der Waals surface area (Å²) in [7, 11) is 0. The Morgan fingerprint density at radius 3 is 2.72 bits per heavy atom. The molecule has 2 aliphatic rings. The second kappa shape index (κ2) is 6.01. The maximum atomic E-state index is 5.62. The van der Waals surface area contributed by atoms with Crippen molar-refractivity contribution in [3.05, 3.63) is 11.1 Å². The Hall–Kier alpha value is -2.10. The van der Waals surface area contributed by atoms with Crippen molar-refractivity contribution < 1.29 is 9.72 Å². The maximum absolute atomic E-state index is 5.62. The number of nitrogens with two attached hydrogens (primary N) is 1. The van der Waals surface area contributed by atoms with E-state index in [1.807, 2.05) is 0 Å². The summed E-state index contributed by atoms with van der Waals surface area (Å²) in [6.07, 6.45) is 4.63. The van der Waals surface area contributed by atoms with Crippen LogP contribution in [0, 0.1) is 0 Å². The van der Waals surface area contributed by atoms with E-state index in [1.54, 1.807) is 11.3 Å². The van der Waals surface area contributed by atoms with Gasteiger partial charge in [-0.2, -0.15) is 0 Å². The van der Waals surface area contributed by atoms with Gasteiger partial charge in [0, 0.05) is 5.56 Å². The second-order valence-corrected chi connectivity index (χ2v) is 7.52. The van der Waals surface area contributed by atoms with Crippen LogP contribution in [-0.2, 0) is 17.6 Å². The van der Waals surface area contributed by atoms with E-state index in [0.29, 0.717) is 5.82 Å². The van der Waals surface area contributed by atoms with Crippen molar-refractivity contribution in [3.8, 4) is 0 Å². The molecule has 1 saturated heterocycles. The number of fused-ring (bicyclic) bond motifs is 5. The van der Waals surface area contributed by atoms with Crippen LogP contribution in [0.25, 0.3) is 20.4 Å². The Bertz CT molecular complexity index is 951. The zero-order chi connectivity index (χ0) is 16.8. The van der Waals surface area contributed by atoms with Gasteiger partial charge in [-0.05, 0) is 36.5 Å². The molecule has 5 rings (SSSR count). The van der Waals surface area contributed by atoms with E-state index < -0.39 is 0 Å². The number of pyridine rings is 1. The Morgan fingerprint density at radius 1 is 1.12 bits per heavy atom. The summed E-state index contributed by atoms with van der Waals surface area (Å²) in [5.41, 5.74) is 6.38. The third-order valence-electron chi connectivity index (χ3n) is 5.14. The number of nitrogen functional groups attached to an aromatic ring is 1. The molecule has 0 bridgehead atoms. The Morgan fingerprint density at radius 2 is 1.92 bits per heavy atom. The molecule has 0 spiro atoms. The summed E-state index contributed by atoms with van der Waals surface area (Å²) in [5, 5.41) is 13.4. The summed E-state index contributed by atoms with van der Waals surface area (Å²) in [6.45, 7) is 3.42. The van der Waals surface area contributed by atoms with Crippen molar-refractivity contribution in [1.29, 1.82) is 0 Å². The van der Waals surface area contributed by atoms with Gasteiger partial charge in [-0.3, -0.25) is 4.90 Å². The monoisotopic (exact) mass is 358 g/mol. The minimum absolute atomic E-state index is 0.581. The summed E-state index contributed by atoms with van der Waals surface area (Å²) in [4.78, 5) is 7.23. The number of aromatic amines is 1. The van der Waals surface area contributed by atoms with Crippen LogP contribution in [0.4, 0.5) is 11.6 Å². The van der Waals surface area contributed by atoms with Gasteiger partial charge in [0.1, 0.15) is 23.3 Å². The van der Waals surface area contributed by atoms with E-state index in [2.05, 4.69) is 30.7 Å². The number of nitrogens with zero attached hydrogens (tertiary/aromatic N) is 4. The number of H-pyrrole nitrogens is 1. The summed E-state index contributed by atoms with van der Waals surface area (Å²) in [5.74, 6) is 7.45. The van der Waals surface area contributed by atoms with Gasteiger partial charge in [0.05, 0.1) is 18.6 Å². The first-order valence-corrected chi connectivity index (χ1v) is 9.50. The zero-order valence-electron chi connectivity index (χ0n) is 13.8. The molecule has 0 amide bonds. The number of morpholine rings is 1. The molecule has 0 unspecified atom stereocenters. The first kappa shape index (κ1) is 15.2. The number of hydrazine groups is 1. The Kier molecular flexibility index (Phi) is 3.65. The van der Waals surface area contributed by atoms with E-state index in [4.69, 9.17) is 10.6 Å². The Labute approximate surface area is 148 Å². The SMILES string of the molecule is NNc1nnnc2c1sc1[nH+]c(N3CCOCC3)c3c(c12)CCCC3. The molecule has 1 fully saturated rings. The molecular formula is C16H20N7OS+. The molecular weight excluding hydrogens is 338 g/mol. The predicted octanol–water partition coefficient (Wildman–Crippen LogP) is 1.05. The average Bonchev–Trinajstić information content (AvgIpc) is 3.07. The van der Waals surface area contributed by atoms with Gasteiger partial charge in [0.15, 0.2) is 10.6 Å².